The summed E-state index contributed by atoms with van der Waals surface area (Å²) in [7, 11) is 5.26. The van der Waals surface area contributed by atoms with Gasteiger partial charge in [-0.2, -0.15) is 0 Å². The molecule has 6 unspecified atom stereocenters. The zero-order valence-corrected chi connectivity index (χ0v) is 30.5. The smallest absolute Gasteiger partial charge is 0.306 e. The quantitative estimate of drug-likeness (QED) is 0.185. The first-order valence-corrected chi connectivity index (χ1v) is 17.3. The number of carbonyl (C=O) groups is 5. The van der Waals surface area contributed by atoms with Crippen molar-refractivity contribution < 1.29 is 33.8 Å². The highest BCUT2D eigenvalue weighted by molar-refractivity contribution is 7.09. The molecule has 3 N–H and O–H groups in total. The van der Waals surface area contributed by atoms with E-state index >= 15 is 0 Å². The van der Waals surface area contributed by atoms with Crippen LogP contribution >= 0.6 is 11.3 Å². The van der Waals surface area contributed by atoms with Gasteiger partial charge in [-0.25, -0.2) is 4.98 Å². The minimum absolute atomic E-state index is 0.0511. The van der Waals surface area contributed by atoms with Crippen LogP contribution in [0.15, 0.2) is 35.7 Å². The zero-order chi connectivity index (χ0) is 36.1. The summed E-state index contributed by atoms with van der Waals surface area (Å²) in [6, 6.07) is 7.92. The van der Waals surface area contributed by atoms with Gasteiger partial charge in [0.25, 0.3) is 5.91 Å². The van der Waals surface area contributed by atoms with E-state index in [2.05, 4.69) is 15.6 Å². The molecular weight excluding hydrogens is 634 g/mol. The minimum atomic E-state index is -0.947. The Morgan fingerprint density at radius 1 is 0.979 bits per heavy atom. The molecular formula is C35H53N5O7S. The molecule has 3 amide bonds. The van der Waals surface area contributed by atoms with Gasteiger partial charge in [0.05, 0.1) is 12.5 Å². The molecule has 1 aromatic heterocycles. The van der Waals surface area contributed by atoms with Crippen molar-refractivity contribution in [3.63, 3.8) is 0 Å². The average Bonchev–Trinajstić information content (AvgIpc) is 3.51. The average molecular weight is 688 g/mol. The Hall–Kier alpha value is -3.84. The minimum Gasteiger partial charge on any atom is -0.481 e. The van der Waals surface area contributed by atoms with E-state index in [9.17, 15) is 29.1 Å². The fourth-order valence-corrected chi connectivity index (χ4v) is 6.33. The molecule has 6 atom stereocenters. The van der Waals surface area contributed by atoms with Crippen molar-refractivity contribution in [2.45, 2.75) is 91.5 Å². The standard InChI is InChI=1S/C35H53N5O7S/c1-10-22(4)31(38-30(42)19-39(7)8)34(44)40(9)28(21(2)3)18-29(47-24(6)41)33-37-27(20-48-33)32(43)36-26(16-23(5)35(45)46)17-25-14-12-11-13-15-25/h11-15,20-23,26,28-29,31H,10,16-19H2,1-9H3,(H,36,43)(H,38,42)(H,45,46). The third-order valence-electron chi connectivity index (χ3n) is 8.38. The van der Waals surface area contributed by atoms with Gasteiger partial charge in [-0.3, -0.25) is 24.0 Å². The van der Waals surface area contributed by atoms with E-state index in [1.165, 1.54) is 18.3 Å². The Morgan fingerprint density at radius 3 is 2.17 bits per heavy atom. The van der Waals surface area contributed by atoms with Crippen LogP contribution in [0.3, 0.4) is 0 Å². The molecule has 2 aromatic rings. The Morgan fingerprint density at radius 2 is 1.62 bits per heavy atom. The summed E-state index contributed by atoms with van der Waals surface area (Å²) in [5.74, 6) is -3.27. The predicted molar refractivity (Wildman–Crippen MR) is 185 cm³/mol. The zero-order valence-electron chi connectivity index (χ0n) is 29.7. The maximum atomic E-state index is 13.9. The molecule has 0 spiro atoms. The number of aromatic nitrogens is 1. The molecule has 13 heteroatoms. The second-order valence-electron chi connectivity index (χ2n) is 13.2. The lowest BCUT2D eigenvalue weighted by Gasteiger charge is -2.37. The van der Waals surface area contributed by atoms with Crippen molar-refractivity contribution in [1.82, 2.24) is 25.4 Å². The van der Waals surface area contributed by atoms with Crippen molar-refractivity contribution in [2.75, 3.05) is 27.7 Å². The number of thiazole rings is 1. The first-order chi connectivity index (χ1) is 22.5. The normalized spacial score (nSPS) is 15.1. The van der Waals surface area contributed by atoms with Gasteiger partial charge in [-0.1, -0.05) is 71.4 Å². The van der Waals surface area contributed by atoms with E-state index in [0.29, 0.717) is 17.8 Å². The highest BCUT2D eigenvalue weighted by Crippen LogP contribution is 2.31. The topological polar surface area (TPSA) is 158 Å². The predicted octanol–water partition coefficient (Wildman–Crippen LogP) is 4.16. The molecule has 0 bridgehead atoms. The van der Waals surface area contributed by atoms with Crippen molar-refractivity contribution >= 4 is 41.0 Å². The molecule has 0 aliphatic heterocycles. The molecule has 0 saturated heterocycles. The van der Waals surface area contributed by atoms with E-state index in [0.717, 1.165) is 5.56 Å². The lowest BCUT2D eigenvalue weighted by atomic mass is 9.93. The molecule has 0 aliphatic carbocycles. The number of nitrogens with one attached hydrogen (secondary N) is 2. The van der Waals surface area contributed by atoms with E-state index in [1.54, 1.807) is 43.2 Å². The summed E-state index contributed by atoms with van der Waals surface area (Å²) in [6.45, 7) is 10.9. The molecule has 266 valence electrons. The fraction of sp³-hybridized carbons (Fsp3) is 0.600. The Kier molecular flexibility index (Phi) is 16.2. The molecule has 12 nitrogen and oxygen atoms in total. The van der Waals surface area contributed by atoms with Crippen LogP contribution < -0.4 is 10.6 Å². The molecule has 1 heterocycles. The van der Waals surface area contributed by atoms with Crippen molar-refractivity contribution in [2.24, 2.45) is 17.8 Å². The molecule has 0 radical (unpaired) electrons. The molecule has 2 rings (SSSR count). The number of ether oxygens (including phenoxy) is 1. The van der Waals surface area contributed by atoms with Gasteiger partial charge in [0.1, 0.15) is 16.7 Å². The number of hydrogen-bond donors (Lipinski definition) is 3. The fourth-order valence-electron chi connectivity index (χ4n) is 5.49. The van der Waals surface area contributed by atoms with Crippen LogP contribution in [0.1, 0.15) is 88.0 Å². The highest BCUT2D eigenvalue weighted by atomic mass is 32.1. The Bertz CT molecular complexity index is 1370. The monoisotopic (exact) mass is 687 g/mol. The van der Waals surface area contributed by atoms with Crippen molar-refractivity contribution in [3.8, 4) is 0 Å². The van der Waals surface area contributed by atoms with Gasteiger partial charge in [0.2, 0.25) is 11.8 Å². The number of rotatable bonds is 19. The first-order valence-electron chi connectivity index (χ1n) is 16.4. The maximum Gasteiger partial charge on any atom is 0.306 e. The summed E-state index contributed by atoms with van der Waals surface area (Å²) >= 11 is 1.17. The number of carboxylic acids is 1. The van der Waals surface area contributed by atoms with Crippen LogP contribution in [0.25, 0.3) is 0 Å². The number of likely N-dealkylation sites (N-methyl/N-ethyl adjacent to an activating group) is 2. The van der Waals surface area contributed by atoms with Gasteiger partial charge in [-0.15, -0.1) is 11.3 Å². The second-order valence-corrected chi connectivity index (χ2v) is 14.1. The van der Waals surface area contributed by atoms with Gasteiger partial charge < -0.3 is 30.3 Å². The van der Waals surface area contributed by atoms with Crippen molar-refractivity contribution in [1.29, 1.82) is 0 Å². The second kappa shape index (κ2) is 19.2. The highest BCUT2D eigenvalue weighted by Gasteiger charge is 2.35. The van der Waals surface area contributed by atoms with Crippen LogP contribution in [0.4, 0.5) is 0 Å². The number of carbonyl (C=O) groups excluding carboxylic acids is 4. The molecule has 1 aromatic carbocycles. The largest absolute Gasteiger partial charge is 0.481 e. The molecule has 0 saturated carbocycles. The number of aliphatic carboxylic acids is 1. The molecule has 48 heavy (non-hydrogen) atoms. The number of hydrogen-bond acceptors (Lipinski definition) is 9. The third kappa shape index (κ3) is 12.6. The number of nitrogens with zero attached hydrogens (tertiary/aromatic N) is 3. The summed E-state index contributed by atoms with van der Waals surface area (Å²) in [5.41, 5.74) is 1.08. The van der Waals surface area contributed by atoms with Gasteiger partial charge in [-0.05, 0) is 44.3 Å². The van der Waals surface area contributed by atoms with E-state index in [1.807, 2.05) is 58.0 Å². The van der Waals surface area contributed by atoms with Gasteiger partial charge in [0, 0.05) is 37.9 Å². The van der Waals surface area contributed by atoms with Crippen LogP contribution in [-0.4, -0.2) is 95.4 Å². The van der Waals surface area contributed by atoms with E-state index in [4.69, 9.17) is 4.74 Å². The van der Waals surface area contributed by atoms with E-state index < -0.39 is 48.0 Å². The van der Waals surface area contributed by atoms with Crippen LogP contribution in [-0.2, 0) is 30.3 Å². The van der Waals surface area contributed by atoms with Gasteiger partial charge in [0.15, 0.2) is 6.10 Å². The van der Waals surface area contributed by atoms with Crippen LogP contribution in [0.2, 0.25) is 0 Å². The van der Waals surface area contributed by atoms with Crippen molar-refractivity contribution in [3.05, 3.63) is 52.0 Å². The maximum absolute atomic E-state index is 13.9. The first kappa shape index (κ1) is 40.3. The third-order valence-corrected chi connectivity index (χ3v) is 9.32. The van der Waals surface area contributed by atoms with E-state index in [-0.39, 0.29) is 48.7 Å². The Balaban J connectivity index is 2.31. The molecule has 0 fully saturated rings. The Labute approximate surface area is 288 Å². The number of amides is 3. The van der Waals surface area contributed by atoms with Crippen LogP contribution in [0, 0.1) is 17.8 Å². The summed E-state index contributed by atoms with van der Waals surface area (Å²) in [6.07, 6.45) is 0.738. The summed E-state index contributed by atoms with van der Waals surface area (Å²) in [5, 5.41) is 17.3. The lowest BCUT2D eigenvalue weighted by Crippen LogP contribution is -2.55. The number of esters is 1. The van der Waals surface area contributed by atoms with Crippen LogP contribution in [0.5, 0.6) is 0 Å². The number of carboxylic acid groups (broad SMARTS) is 1. The summed E-state index contributed by atoms with van der Waals surface area (Å²) < 4.78 is 5.72. The van der Waals surface area contributed by atoms with Gasteiger partial charge >= 0.3 is 11.9 Å². The number of benzene rings is 1. The summed E-state index contributed by atoms with van der Waals surface area (Å²) in [4.78, 5) is 71.7. The SMILES string of the molecule is CCC(C)C(NC(=O)CN(C)C)C(=O)N(C)C(CC(OC(C)=O)c1nc(C(=O)NC(Cc2ccccc2)CC(C)C(=O)O)cs1)C(C)C. The molecule has 0 aliphatic rings. The lowest BCUT2D eigenvalue weighted by molar-refractivity contribution is -0.149.